The predicted molar refractivity (Wildman–Crippen MR) is 241 cm³/mol. The van der Waals surface area contributed by atoms with Gasteiger partial charge in [-0.2, -0.15) is 5.10 Å². The summed E-state index contributed by atoms with van der Waals surface area (Å²) in [6, 6.07) is 18.1. The number of H-pyrrole nitrogens is 1. The van der Waals surface area contributed by atoms with E-state index in [0.717, 1.165) is 17.7 Å². The first kappa shape index (κ1) is 45.8. The quantitative estimate of drug-likeness (QED) is 0.0506. The van der Waals surface area contributed by atoms with E-state index in [2.05, 4.69) is 10.1 Å². The topological polar surface area (TPSA) is 171 Å². The second kappa shape index (κ2) is 18.7. The number of benzene rings is 3. The summed E-state index contributed by atoms with van der Waals surface area (Å²) >= 11 is 0. The van der Waals surface area contributed by atoms with E-state index in [1.807, 2.05) is 62.3 Å². The van der Waals surface area contributed by atoms with Gasteiger partial charge in [-0.15, -0.1) is 0 Å². The van der Waals surface area contributed by atoms with Crippen molar-refractivity contribution in [1.82, 2.24) is 24.7 Å². The van der Waals surface area contributed by atoms with Gasteiger partial charge in [-0.3, -0.25) is 14.4 Å². The van der Waals surface area contributed by atoms with Crippen molar-refractivity contribution in [2.45, 2.75) is 47.0 Å². The number of nitrogens with zero attached hydrogens (tertiary/aromatic N) is 6. The van der Waals surface area contributed by atoms with Gasteiger partial charge in [0, 0.05) is 75.8 Å². The van der Waals surface area contributed by atoms with Gasteiger partial charge in [-0.1, -0.05) is 37.3 Å². The maximum Gasteiger partial charge on any atom is 0.415 e. The summed E-state index contributed by atoms with van der Waals surface area (Å²) in [4.78, 5) is 78.3. The van der Waals surface area contributed by atoms with Gasteiger partial charge in [0.1, 0.15) is 23.4 Å². The molecule has 0 aliphatic carbocycles. The SMILES string of the molecule is CC[C@@H]1CN(C(=O)c2cc3cc(OCCN(C)C)ccc3o2)c2cc(OC(=O)N(C)CCN(C)C(=O)C(C)(C)C(=O)N(C)/N=C(\C)c3ccccc3)c3[nH]c(C)c(C(=O)OC)c3c21. The first-order valence-corrected chi connectivity index (χ1v) is 20.9. The Labute approximate surface area is 367 Å². The number of likely N-dealkylation sites (N-methyl/N-ethyl adjacent to an activating group) is 3. The van der Waals surface area contributed by atoms with Crippen molar-refractivity contribution in [3.63, 3.8) is 0 Å². The molecule has 3 aromatic carbocycles. The maximum absolute atomic E-state index is 14.4. The van der Waals surface area contributed by atoms with E-state index in [0.29, 0.717) is 57.7 Å². The number of nitrogens with one attached hydrogen (secondary N) is 1. The summed E-state index contributed by atoms with van der Waals surface area (Å²) in [7, 11) is 9.83. The van der Waals surface area contributed by atoms with E-state index in [-0.39, 0.29) is 42.6 Å². The smallest absolute Gasteiger partial charge is 0.415 e. The Bertz CT molecular complexity index is 2580. The Morgan fingerprint density at radius 3 is 2.29 bits per heavy atom. The number of fused-ring (bicyclic) bond motifs is 4. The highest BCUT2D eigenvalue weighted by atomic mass is 16.6. The van der Waals surface area contributed by atoms with Crippen molar-refractivity contribution in [3.8, 4) is 11.5 Å². The van der Waals surface area contributed by atoms with Gasteiger partial charge in [0.2, 0.25) is 5.91 Å². The van der Waals surface area contributed by atoms with Crippen LogP contribution in [0.3, 0.4) is 0 Å². The number of amides is 4. The number of methoxy groups -OCH3 is 1. The van der Waals surface area contributed by atoms with Gasteiger partial charge in [0.15, 0.2) is 11.5 Å². The van der Waals surface area contributed by atoms with Crippen LogP contribution in [0.25, 0.3) is 21.9 Å². The third-order valence-electron chi connectivity index (χ3n) is 11.5. The molecule has 0 saturated heterocycles. The predicted octanol–water partition coefficient (Wildman–Crippen LogP) is 6.90. The molecule has 16 heteroatoms. The lowest BCUT2D eigenvalue weighted by Crippen LogP contribution is -2.49. The standard InChI is InChI=1S/C47H57N7O9/c1-12-30-27-54(42(55)37-25-32-24-33(18-19-35(32)62-37)61-23-22-50(6)7)34-26-36(41-40(39(30)34)38(29(3)48-41)43(56)60-11)63-46(59)52(9)21-20-51(8)44(57)47(4,5)45(58)53(10)49-28(2)31-16-14-13-15-17-31/h13-19,24-26,30,48H,12,20-23,27H2,1-11H3/b49-28+/t30-/m1/s1. The Morgan fingerprint density at radius 1 is 0.921 bits per heavy atom. The molecule has 16 nitrogen and oxygen atoms in total. The zero-order valence-electron chi connectivity index (χ0n) is 38.0. The summed E-state index contributed by atoms with van der Waals surface area (Å²) in [5.74, 6) is -1.27. The van der Waals surface area contributed by atoms with Gasteiger partial charge < -0.3 is 43.2 Å². The van der Waals surface area contributed by atoms with Gasteiger partial charge in [0.05, 0.1) is 29.6 Å². The highest BCUT2D eigenvalue weighted by Crippen LogP contribution is 2.48. The molecule has 1 atom stereocenters. The fraction of sp³-hybridized carbons (Fsp3) is 0.404. The summed E-state index contributed by atoms with van der Waals surface area (Å²) in [6.45, 7) is 10.3. The molecule has 0 saturated carbocycles. The number of aryl methyl sites for hydroxylation is 1. The van der Waals surface area contributed by atoms with Crippen molar-refractivity contribution in [2.24, 2.45) is 10.5 Å². The highest BCUT2D eigenvalue weighted by molar-refractivity contribution is 6.15. The van der Waals surface area contributed by atoms with Gasteiger partial charge in [-0.25, -0.2) is 14.6 Å². The Balaban J connectivity index is 1.23. The summed E-state index contributed by atoms with van der Waals surface area (Å²) in [5.41, 5.74) is 2.90. The highest BCUT2D eigenvalue weighted by Gasteiger charge is 2.41. The van der Waals surface area contributed by atoms with E-state index in [4.69, 9.17) is 18.6 Å². The second-order valence-corrected chi connectivity index (χ2v) is 16.7. The molecular formula is C47H57N7O9. The Hall–Kier alpha value is -6.68. The van der Waals surface area contributed by atoms with Crippen LogP contribution < -0.4 is 14.4 Å². The van der Waals surface area contributed by atoms with Crippen molar-refractivity contribution >= 4 is 63.1 Å². The molecule has 334 valence electrons. The zero-order chi connectivity index (χ0) is 45.9. The lowest BCUT2D eigenvalue weighted by Gasteiger charge is -2.31. The van der Waals surface area contributed by atoms with Crippen LogP contribution in [0, 0.1) is 12.3 Å². The molecule has 2 aromatic heterocycles. The Morgan fingerprint density at radius 2 is 1.62 bits per heavy atom. The van der Waals surface area contributed by atoms with E-state index >= 15 is 0 Å². The van der Waals surface area contributed by atoms with Gasteiger partial charge in [-0.05, 0) is 83.6 Å². The number of carbonyl (C=O) groups excluding carboxylic acids is 5. The molecule has 0 fully saturated rings. The van der Waals surface area contributed by atoms with Crippen LogP contribution >= 0.6 is 0 Å². The van der Waals surface area contributed by atoms with Crippen LogP contribution in [0.1, 0.15) is 77.8 Å². The number of anilines is 1. The minimum atomic E-state index is -1.47. The molecule has 0 radical (unpaired) electrons. The second-order valence-electron chi connectivity index (χ2n) is 16.7. The number of hydrazone groups is 1. The van der Waals surface area contributed by atoms with Crippen molar-refractivity contribution in [1.29, 1.82) is 0 Å². The molecule has 0 bridgehead atoms. The molecule has 0 unspecified atom stereocenters. The van der Waals surface area contributed by atoms with E-state index < -0.39 is 35.2 Å². The van der Waals surface area contributed by atoms with Crippen molar-refractivity contribution in [2.75, 3.05) is 80.0 Å². The third kappa shape index (κ3) is 9.40. The molecule has 63 heavy (non-hydrogen) atoms. The Kier molecular flexibility index (Phi) is 13.6. The zero-order valence-corrected chi connectivity index (χ0v) is 38.0. The number of aromatic nitrogens is 1. The maximum atomic E-state index is 14.4. The number of carbonyl (C=O) groups is 5. The van der Waals surface area contributed by atoms with Gasteiger partial charge in [0.25, 0.3) is 11.8 Å². The summed E-state index contributed by atoms with van der Waals surface area (Å²) in [5, 5.41) is 6.80. The first-order valence-electron chi connectivity index (χ1n) is 20.9. The monoisotopic (exact) mass is 863 g/mol. The van der Waals surface area contributed by atoms with Crippen LogP contribution in [0.2, 0.25) is 0 Å². The number of aromatic amines is 1. The van der Waals surface area contributed by atoms with Crippen LogP contribution in [-0.4, -0.2) is 135 Å². The van der Waals surface area contributed by atoms with E-state index in [1.54, 1.807) is 63.9 Å². The van der Waals surface area contributed by atoms with Crippen LogP contribution in [0.15, 0.2) is 70.2 Å². The molecule has 4 amide bonds. The largest absolute Gasteiger partial charge is 0.492 e. The number of hydrogen-bond acceptors (Lipinski definition) is 11. The van der Waals surface area contributed by atoms with E-state index in [9.17, 15) is 24.0 Å². The normalized spacial score (nSPS) is 13.9. The summed E-state index contributed by atoms with van der Waals surface area (Å²) < 4.78 is 23.2. The van der Waals surface area contributed by atoms with Crippen LogP contribution in [-0.2, 0) is 14.3 Å². The first-order chi connectivity index (χ1) is 29.9. The fourth-order valence-electron chi connectivity index (χ4n) is 7.83. The number of ether oxygens (including phenoxy) is 3. The average molecular weight is 864 g/mol. The molecule has 1 N–H and O–H groups in total. The summed E-state index contributed by atoms with van der Waals surface area (Å²) in [6.07, 6.45) is -0.119. The lowest BCUT2D eigenvalue weighted by molar-refractivity contribution is -0.152. The van der Waals surface area contributed by atoms with E-state index in [1.165, 1.54) is 36.0 Å². The van der Waals surface area contributed by atoms with Crippen molar-refractivity contribution < 1.29 is 42.6 Å². The van der Waals surface area contributed by atoms with Crippen LogP contribution in [0.4, 0.5) is 10.5 Å². The molecule has 1 aliphatic rings. The third-order valence-corrected chi connectivity index (χ3v) is 11.5. The van der Waals surface area contributed by atoms with Crippen LogP contribution in [0.5, 0.6) is 11.5 Å². The minimum absolute atomic E-state index is 0.0503. The molecule has 5 aromatic rings. The number of hydrogen-bond donors (Lipinski definition) is 1. The number of rotatable bonds is 15. The molecular weight excluding hydrogens is 807 g/mol. The fourth-order valence-corrected chi connectivity index (χ4v) is 7.83. The average Bonchev–Trinajstić information content (AvgIpc) is 3.97. The van der Waals surface area contributed by atoms with Gasteiger partial charge >= 0.3 is 12.1 Å². The molecule has 6 rings (SSSR count). The number of furan rings is 1. The molecule has 3 heterocycles. The lowest BCUT2D eigenvalue weighted by atomic mass is 9.90. The number of esters is 1. The molecule has 0 spiro atoms. The molecule has 1 aliphatic heterocycles. The minimum Gasteiger partial charge on any atom is -0.492 e. The van der Waals surface area contributed by atoms with Crippen molar-refractivity contribution in [3.05, 3.63) is 88.8 Å².